The minimum atomic E-state index is -0.454. The van der Waals surface area contributed by atoms with Crippen LogP contribution in [0.3, 0.4) is 0 Å². The predicted molar refractivity (Wildman–Crippen MR) is 47.2 cm³/mol. The Bertz CT molecular complexity index is 463. The van der Waals surface area contributed by atoms with Crippen LogP contribution in [0.5, 0.6) is 0 Å². The molecule has 1 aromatic carbocycles. The van der Waals surface area contributed by atoms with Crippen LogP contribution in [-0.4, -0.2) is 9.91 Å². The van der Waals surface area contributed by atoms with Crippen LogP contribution in [0.4, 0.5) is 5.69 Å². The average Bonchev–Trinajstić information content (AvgIpc) is 2.17. The monoisotopic (exact) mass is 173 g/mol. The summed E-state index contributed by atoms with van der Waals surface area (Å²) in [6.45, 7) is 0. The highest BCUT2D eigenvalue weighted by atomic mass is 16.6. The van der Waals surface area contributed by atoms with Crippen LogP contribution in [0, 0.1) is 16.2 Å². The fourth-order valence-corrected chi connectivity index (χ4v) is 1.18. The van der Waals surface area contributed by atoms with Crippen molar-refractivity contribution in [3.8, 4) is 0 Å². The maximum Gasteiger partial charge on any atom is 0.288 e. The molecule has 0 aliphatic rings. The van der Waals surface area contributed by atoms with Crippen LogP contribution in [0.15, 0.2) is 30.5 Å². The number of fused-ring (bicyclic) bond motifs is 1. The van der Waals surface area contributed by atoms with Crippen molar-refractivity contribution in [2.75, 3.05) is 0 Å². The van der Waals surface area contributed by atoms with Gasteiger partial charge in [0.25, 0.3) is 5.69 Å². The fourth-order valence-electron chi connectivity index (χ4n) is 1.18. The van der Waals surface area contributed by atoms with E-state index >= 15 is 0 Å². The average molecular weight is 173 g/mol. The molecule has 13 heavy (non-hydrogen) atoms. The highest BCUT2D eigenvalue weighted by Crippen LogP contribution is 2.21. The van der Waals surface area contributed by atoms with Crippen LogP contribution in [0.25, 0.3) is 10.9 Å². The molecule has 1 heterocycles. The Hall–Kier alpha value is -1.97. The summed E-state index contributed by atoms with van der Waals surface area (Å²) in [5.74, 6) is 0. The summed E-state index contributed by atoms with van der Waals surface area (Å²) in [5.41, 5.74) is 0.596. The third kappa shape index (κ3) is 1.22. The maximum atomic E-state index is 10.6. The van der Waals surface area contributed by atoms with Gasteiger partial charge in [-0.2, -0.15) is 0 Å². The van der Waals surface area contributed by atoms with Crippen LogP contribution in [0.1, 0.15) is 0 Å². The van der Waals surface area contributed by atoms with Gasteiger partial charge in [0.1, 0.15) is 0 Å². The van der Waals surface area contributed by atoms with Crippen LogP contribution in [-0.2, 0) is 0 Å². The van der Waals surface area contributed by atoms with E-state index < -0.39 is 4.92 Å². The van der Waals surface area contributed by atoms with Gasteiger partial charge in [-0.1, -0.05) is 12.1 Å². The topological polar surface area (TPSA) is 56.0 Å². The lowest BCUT2D eigenvalue weighted by Crippen LogP contribution is -1.90. The van der Waals surface area contributed by atoms with Gasteiger partial charge in [0, 0.05) is 6.20 Å². The molecule has 0 unspecified atom stereocenters. The normalized spacial score (nSPS) is 10.2. The number of hydrogen-bond donors (Lipinski definition) is 0. The highest BCUT2D eigenvalue weighted by molar-refractivity contribution is 5.86. The molecule has 63 valence electrons. The molecule has 2 rings (SSSR count). The number of para-hydroxylation sites is 1. The Labute approximate surface area is 74.0 Å². The Balaban J connectivity index is 2.83. The molecule has 0 spiro atoms. The Morgan fingerprint density at radius 2 is 2.15 bits per heavy atom. The van der Waals surface area contributed by atoms with Gasteiger partial charge in [-0.05, 0) is 12.1 Å². The molecule has 0 amide bonds. The summed E-state index contributed by atoms with van der Waals surface area (Å²) < 4.78 is 0. The molecule has 0 atom stereocenters. The van der Waals surface area contributed by atoms with Crippen LogP contribution >= 0.6 is 0 Å². The van der Waals surface area contributed by atoms with Gasteiger partial charge in [-0.25, -0.2) is 0 Å². The second kappa shape index (κ2) is 2.82. The van der Waals surface area contributed by atoms with Crippen molar-refractivity contribution in [1.82, 2.24) is 4.98 Å². The highest BCUT2D eigenvalue weighted by Gasteiger charge is 2.10. The van der Waals surface area contributed by atoms with E-state index in [2.05, 4.69) is 11.1 Å². The maximum absolute atomic E-state index is 10.6. The van der Waals surface area contributed by atoms with Crippen molar-refractivity contribution in [1.29, 1.82) is 0 Å². The van der Waals surface area contributed by atoms with E-state index in [1.807, 2.05) is 0 Å². The Morgan fingerprint density at radius 3 is 2.92 bits per heavy atom. The SMILES string of the molecule is O=[N+]([O-])c1[c]cnc2ccccc12. The molecule has 0 N–H and O–H groups in total. The van der Waals surface area contributed by atoms with Gasteiger partial charge in [0.15, 0.2) is 0 Å². The summed E-state index contributed by atoms with van der Waals surface area (Å²) >= 11 is 0. The Kier molecular flexibility index (Phi) is 1.66. The summed E-state index contributed by atoms with van der Waals surface area (Å²) in [7, 11) is 0. The first-order chi connectivity index (χ1) is 6.29. The second-order valence-electron chi connectivity index (χ2n) is 2.53. The summed E-state index contributed by atoms with van der Waals surface area (Å²) in [6, 6.07) is 9.43. The number of rotatable bonds is 1. The minimum Gasteiger partial charge on any atom is -0.258 e. The minimum absolute atomic E-state index is 0.0226. The van der Waals surface area contributed by atoms with Gasteiger partial charge < -0.3 is 0 Å². The third-order valence-corrected chi connectivity index (χ3v) is 1.75. The molecule has 1 aromatic heterocycles. The number of nitrogens with zero attached hydrogens (tertiary/aromatic N) is 2. The first-order valence-electron chi connectivity index (χ1n) is 3.69. The van der Waals surface area contributed by atoms with Crippen LogP contribution < -0.4 is 0 Å². The van der Waals surface area contributed by atoms with Gasteiger partial charge in [-0.3, -0.25) is 15.1 Å². The number of nitro groups is 1. The smallest absolute Gasteiger partial charge is 0.258 e. The molecule has 2 aromatic rings. The van der Waals surface area contributed by atoms with Crippen molar-refractivity contribution in [3.05, 3.63) is 46.6 Å². The predicted octanol–water partition coefficient (Wildman–Crippen LogP) is 1.94. The summed E-state index contributed by atoms with van der Waals surface area (Å²) in [5, 5.41) is 11.1. The van der Waals surface area contributed by atoms with Gasteiger partial charge in [0.2, 0.25) is 0 Å². The van der Waals surface area contributed by atoms with Crippen molar-refractivity contribution >= 4 is 16.6 Å². The molecule has 0 saturated heterocycles. The number of hydrogen-bond acceptors (Lipinski definition) is 3. The lowest BCUT2D eigenvalue weighted by molar-refractivity contribution is -0.383. The molecule has 4 nitrogen and oxygen atoms in total. The molecular weight excluding hydrogens is 168 g/mol. The molecule has 0 aliphatic heterocycles. The van der Waals surface area contributed by atoms with Crippen LogP contribution in [0.2, 0.25) is 0 Å². The zero-order valence-corrected chi connectivity index (χ0v) is 6.60. The molecule has 0 fully saturated rings. The van der Waals surface area contributed by atoms with E-state index in [9.17, 15) is 10.1 Å². The van der Waals surface area contributed by atoms with Gasteiger partial charge in [0.05, 0.1) is 21.9 Å². The van der Waals surface area contributed by atoms with Crippen molar-refractivity contribution in [3.63, 3.8) is 0 Å². The quantitative estimate of drug-likeness (QED) is 0.489. The largest absolute Gasteiger partial charge is 0.288 e. The molecule has 0 saturated carbocycles. The van der Waals surface area contributed by atoms with E-state index in [1.54, 1.807) is 24.3 Å². The zero-order chi connectivity index (χ0) is 9.26. The van der Waals surface area contributed by atoms with E-state index in [0.29, 0.717) is 10.9 Å². The summed E-state index contributed by atoms with van der Waals surface area (Å²) in [6.07, 6.45) is 1.32. The molecule has 4 heteroatoms. The van der Waals surface area contributed by atoms with E-state index in [0.717, 1.165) is 0 Å². The Morgan fingerprint density at radius 1 is 1.38 bits per heavy atom. The molecular formula is C9H5N2O2. The molecule has 0 aliphatic carbocycles. The lowest BCUT2D eigenvalue weighted by Gasteiger charge is -1.95. The first-order valence-corrected chi connectivity index (χ1v) is 3.69. The first kappa shape index (κ1) is 7.67. The summed E-state index contributed by atoms with van der Waals surface area (Å²) in [4.78, 5) is 14.1. The van der Waals surface area contributed by atoms with E-state index in [-0.39, 0.29) is 5.69 Å². The van der Waals surface area contributed by atoms with Gasteiger partial charge >= 0.3 is 0 Å². The molecule has 0 bridgehead atoms. The van der Waals surface area contributed by atoms with Gasteiger partial charge in [-0.15, -0.1) is 0 Å². The van der Waals surface area contributed by atoms with Crippen molar-refractivity contribution in [2.24, 2.45) is 0 Å². The number of benzene rings is 1. The zero-order valence-electron chi connectivity index (χ0n) is 6.60. The van der Waals surface area contributed by atoms with Crippen molar-refractivity contribution < 1.29 is 4.92 Å². The second-order valence-corrected chi connectivity index (χ2v) is 2.53. The van der Waals surface area contributed by atoms with E-state index in [4.69, 9.17) is 0 Å². The van der Waals surface area contributed by atoms with Crippen molar-refractivity contribution in [2.45, 2.75) is 0 Å². The fraction of sp³-hybridized carbons (Fsp3) is 0. The number of pyridine rings is 1. The standard InChI is InChI=1S/C9H5N2O2/c12-11(13)9-5-6-10-8-4-2-1-3-7(8)9/h1-4,6H. The number of aromatic nitrogens is 1. The third-order valence-electron chi connectivity index (χ3n) is 1.75. The molecule has 1 radical (unpaired) electrons. The lowest BCUT2D eigenvalue weighted by atomic mass is 10.2. The van der Waals surface area contributed by atoms with E-state index in [1.165, 1.54) is 6.20 Å².